The molecule has 2 heterocycles. The van der Waals surface area contributed by atoms with E-state index in [2.05, 4.69) is 36.0 Å². The van der Waals surface area contributed by atoms with Crippen molar-refractivity contribution in [3.63, 3.8) is 0 Å². The lowest BCUT2D eigenvalue weighted by Gasteiger charge is -2.35. The Hall–Kier alpha value is -0.120. The molecule has 0 aromatic rings. The highest BCUT2D eigenvalue weighted by Crippen LogP contribution is 2.22. The summed E-state index contributed by atoms with van der Waals surface area (Å²) >= 11 is 0. The van der Waals surface area contributed by atoms with Crippen LogP contribution in [0.4, 0.5) is 0 Å². The van der Waals surface area contributed by atoms with E-state index in [-0.39, 0.29) is 0 Å². The van der Waals surface area contributed by atoms with Crippen LogP contribution in [-0.4, -0.2) is 62.2 Å². The van der Waals surface area contributed by atoms with Crippen LogP contribution in [0.1, 0.15) is 46.0 Å². The first-order chi connectivity index (χ1) is 9.69. The van der Waals surface area contributed by atoms with Gasteiger partial charge in [0.25, 0.3) is 0 Å². The number of hydrogen-bond donors (Lipinski definition) is 1. The van der Waals surface area contributed by atoms with Crippen molar-refractivity contribution < 1.29 is 0 Å². The van der Waals surface area contributed by atoms with E-state index in [4.69, 9.17) is 0 Å². The summed E-state index contributed by atoms with van der Waals surface area (Å²) in [5.41, 5.74) is 0. The minimum absolute atomic E-state index is 0.709. The number of rotatable bonds is 6. The zero-order chi connectivity index (χ0) is 14.4. The minimum atomic E-state index is 0.709. The number of nitrogens with one attached hydrogen (secondary N) is 1. The Morgan fingerprint density at radius 2 is 1.70 bits per heavy atom. The van der Waals surface area contributed by atoms with E-state index in [0.29, 0.717) is 6.04 Å². The zero-order valence-electron chi connectivity index (χ0n) is 13.9. The van der Waals surface area contributed by atoms with Crippen LogP contribution in [0.2, 0.25) is 0 Å². The predicted molar refractivity (Wildman–Crippen MR) is 87.1 cm³/mol. The Bertz CT molecular complexity index is 253. The molecule has 0 aliphatic carbocycles. The average molecular weight is 281 g/mol. The van der Waals surface area contributed by atoms with Gasteiger partial charge in [-0.1, -0.05) is 6.92 Å². The Balaban J connectivity index is 1.57. The number of piperidine rings is 2. The predicted octanol–water partition coefficient (Wildman–Crippen LogP) is 2.43. The summed E-state index contributed by atoms with van der Waals surface area (Å²) < 4.78 is 0. The van der Waals surface area contributed by atoms with E-state index in [1.807, 2.05) is 0 Å². The molecular weight excluding hydrogens is 246 g/mol. The highest BCUT2D eigenvalue weighted by Gasteiger charge is 2.23. The third kappa shape index (κ3) is 5.01. The van der Waals surface area contributed by atoms with Crippen molar-refractivity contribution >= 4 is 0 Å². The second-order valence-electron chi connectivity index (χ2n) is 7.05. The molecule has 2 saturated heterocycles. The molecular formula is C17H35N3. The maximum absolute atomic E-state index is 3.81. The van der Waals surface area contributed by atoms with E-state index in [0.717, 1.165) is 11.8 Å². The Kier molecular flexibility index (Phi) is 6.79. The van der Waals surface area contributed by atoms with E-state index in [1.54, 1.807) is 0 Å². The summed E-state index contributed by atoms with van der Waals surface area (Å²) in [6.07, 6.45) is 6.96. The molecule has 0 spiro atoms. The highest BCUT2D eigenvalue weighted by molar-refractivity contribution is 4.80. The Morgan fingerprint density at radius 3 is 2.30 bits per heavy atom. The summed E-state index contributed by atoms with van der Waals surface area (Å²) in [6, 6.07) is 0.709. The molecule has 0 amide bonds. The van der Waals surface area contributed by atoms with Gasteiger partial charge in [0.15, 0.2) is 0 Å². The molecule has 2 rings (SSSR count). The molecule has 1 unspecified atom stereocenters. The molecule has 0 bridgehead atoms. The SMILES string of the molecule is CCN1CCC(C(C)NCCC2CCN(C)CC2)CC1. The zero-order valence-corrected chi connectivity index (χ0v) is 13.9. The van der Waals surface area contributed by atoms with Crippen molar-refractivity contribution in [3.05, 3.63) is 0 Å². The van der Waals surface area contributed by atoms with Gasteiger partial charge in [-0.3, -0.25) is 0 Å². The van der Waals surface area contributed by atoms with Crippen LogP contribution in [-0.2, 0) is 0 Å². The van der Waals surface area contributed by atoms with Crippen LogP contribution in [0.25, 0.3) is 0 Å². The van der Waals surface area contributed by atoms with Crippen LogP contribution in [0, 0.1) is 11.8 Å². The van der Waals surface area contributed by atoms with Crippen molar-refractivity contribution in [1.29, 1.82) is 0 Å². The smallest absolute Gasteiger partial charge is 0.00679 e. The van der Waals surface area contributed by atoms with E-state index in [1.165, 1.54) is 71.4 Å². The van der Waals surface area contributed by atoms with Gasteiger partial charge in [0.1, 0.15) is 0 Å². The molecule has 118 valence electrons. The summed E-state index contributed by atoms with van der Waals surface area (Å²) in [7, 11) is 2.25. The van der Waals surface area contributed by atoms with E-state index >= 15 is 0 Å². The van der Waals surface area contributed by atoms with Gasteiger partial charge in [-0.05, 0) is 97.2 Å². The Morgan fingerprint density at radius 1 is 1.05 bits per heavy atom. The largest absolute Gasteiger partial charge is 0.314 e. The second-order valence-corrected chi connectivity index (χ2v) is 7.05. The highest BCUT2D eigenvalue weighted by atomic mass is 15.1. The molecule has 0 radical (unpaired) electrons. The fraction of sp³-hybridized carbons (Fsp3) is 1.00. The summed E-state index contributed by atoms with van der Waals surface area (Å²) in [4.78, 5) is 5.05. The molecule has 2 fully saturated rings. The minimum Gasteiger partial charge on any atom is -0.314 e. The summed E-state index contributed by atoms with van der Waals surface area (Å²) in [5, 5.41) is 3.81. The molecule has 3 heteroatoms. The molecule has 2 aliphatic rings. The van der Waals surface area contributed by atoms with Crippen molar-refractivity contribution in [2.45, 2.75) is 52.0 Å². The summed E-state index contributed by atoms with van der Waals surface area (Å²) in [6.45, 7) is 12.4. The second kappa shape index (κ2) is 8.35. The fourth-order valence-corrected chi connectivity index (χ4v) is 3.80. The first-order valence-corrected chi connectivity index (χ1v) is 8.83. The first-order valence-electron chi connectivity index (χ1n) is 8.83. The van der Waals surface area contributed by atoms with Crippen LogP contribution in [0.5, 0.6) is 0 Å². The van der Waals surface area contributed by atoms with Gasteiger partial charge in [0.05, 0.1) is 0 Å². The third-order valence-corrected chi connectivity index (χ3v) is 5.64. The number of hydrogen-bond acceptors (Lipinski definition) is 3. The molecule has 20 heavy (non-hydrogen) atoms. The lowest BCUT2D eigenvalue weighted by Crippen LogP contribution is -2.42. The fourth-order valence-electron chi connectivity index (χ4n) is 3.80. The van der Waals surface area contributed by atoms with Crippen molar-refractivity contribution in [2.75, 3.05) is 46.3 Å². The normalized spacial score (nSPS) is 25.9. The molecule has 1 atom stereocenters. The van der Waals surface area contributed by atoms with Gasteiger partial charge in [0.2, 0.25) is 0 Å². The van der Waals surface area contributed by atoms with E-state index in [9.17, 15) is 0 Å². The van der Waals surface area contributed by atoms with Gasteiger partial charge in [-0.15, -0.1) is 0 Å². The van der Waals surface area contributed by atoms with E-state index < -0.39 is 0 Å². The Labute approximate surface area is 126 Å². The van der Waals surface area contributed by atoms with Crippen LogP contribution >= 0.6 is 0 Å². The number of likely N-dealkylation sites (tertiary alicyclic amines) is 2. The van der Waals surface area contributed by atoms with Crippen LogP contribution in [0.15, 0.2) is 0 Å². The van der Waals surface area contributed by atoms with Gasteiger partial charge in [0, 0.05) is 6.04 Å². The topological polar surface area (TPSA) is 18.5 Å². The molecule has 2 aliphatic heterocycles. The number of nitrogens with zero attached hydrogens (tertiary/aromatic N) is 2. The van der Waals surface area contributed by atoms with Gasteiger partial charge in [-0.25, -0.2) is 0 Å². The van der Waals surface area contributed by atoms with Gasteiger partial charge < -0.3 is 15.1 Å². The van der Waals surface area contributed by atoms with Crippen molar-refractivity contribution in [1.82, 2.24) is 15.1 Å². The molecule has 0 aromatic carbocycles. The maximum atomic E-state index is 3.81. The average Bonchev–Trinajstić information content (AvgIpc) is 2.49. The van der Waals surface area contributed by atoms with Gasteiger partial charge >= 0.3 is 0 Å². The lowest BCUT2D eigenvalue weighted by atomic mass is 9.89. The molecule has 0 saturated carbocycles. The van der Waals surface area contributed by atoms with Crippen molar-refractivity contribution in [2.24, 2.45) is 11.8 Å². The van der Waals surface area contributed by atoms with Gasteiger partial charge in [-0.2, -0.15) is 0 Å². The maximum Gasteiger partial charge on any atom is 0.00679 e. The monoisotopic (exact) mass is 281 g/mol. The van der Waals surface area contributed by atoms with Crippen LogP contribution in [0.3, 0.4) is 0 Å². The summed E-state index contributed by atoms with van der Waals surface area (Å²) in [5.74, 6) is 1.86. The standard InChI is InChI=1S/C17H35N3/c1-4-20-13-8-17(9-14-20)15(2)18-10-5-16-6-11-19(3)12-7-16/h15-18H,4-14H2,1-3H3. The molecule has 3 nitrogen and oxygen atoms in total. The first kappa shape index (κ1) is 16.3. The quantitative estimate of drug-likeness (QED) is 0.807. The van der Waals surface area contributed by atoms with Crippen LogP contribution < -0.4 is 5.32 Å². The van der Waals surface area contributed by atoms with Crippen molar-refractivity contribution in [3.8, 4) is 0 Å². The lowest BCUT2D eigenvalue weighted by molar-refractivity contribution is 0.166. The molecule has 1 N–H and O–H groups in total. The molecule has 0 aromatic heterocycles. The third-order valence-electron chi connectivity index (χ3n) is 5.64.